The van der Waals surface area contributed by atoms with Crippen molar-refractivity contribution in [1.82, 2.24) is 4.31 Å². The highest BCUT2D eigenvalue weighted by molar-refractivity contribution is 7.88. The van der Waals surface area contributed by atoms with Crippen molar-refractivity contribution in [2.24, 2.45) is 5.92 Å². The third-order valence-electron chi connectivity index (χ3n) is 3.91. The SMILES string of the molecule is CCOC(=O)C1CCCN(S(=O)(=O)Cc2cc(C#N)ccc2F)C1. The molecule has 0 bridgehead atoms. The summed E-state index contributed by atoms with van der Waals surface area (Å²) in [4.78, 5) is 11.8. The van der Waals surface area contributed by atoms with Crippen LogP contribution >= 0.6 is 0 Å². The highest BCUT2D eigenvalue weighted by atomic mass is 32.2. The van der Waals surface area contributed by atoms with E-state index in [0.717, 1.165) is 6.07 Å². The first-order valence-electron chi connectivity index (χ1n) is 7.70. The van der Waals surface area contributed by atoms with Crippen molar-refractivity contribution in [2.45, 2.75) is 25.5 Å². The summed E-state index contributed by atoms with van der Waals surface area (Å²) in [5.74, 6) is -2.11. The zero-order valence-corrected chi connectivity index (χ0v) is 14.2. The second-order valence-corrected chi connectivity index (χ2v) is 7.59. The van der Waals surface area contributed by atoms with E-state index in [9.17, 15) is 17.6 Å². The number of carbonyl (C=O) groups is 1. The fraction of sp³-hybridized carbons (Fsp3) is 0.500. The summed E-state index contributed by atoms with van der Waals surface area (Å²) in [6.45, 7) is 2.27. The summed E-state index contributed by atoms with van der Waals surface area (Å²) >= 11 is 0. The number of sulfonamides is 1. The molecule has 1 saturated heterocycles. The number of piperidine rings is 1. The first-order chi connectivity index (χ1) is 11.4. The standard InChI is InChI=1S/C16H19FN2O4S/c1-2-23-16(20)13-4-3-7-19(10-13)24(21,22)11-14-8-12(9-18)5-6-15(14)17/h5-6,8,13H,2-4,7,10-11H2,1H3. The molecule has 0 N–H and O–H groups in total. The van der Waals surface area contributed by atoms with Crippen LogP contribution in [-0.4, -0.2) is 38.4 Å². The predicted octanol–water partition coefficient (Wildman–Crippen LogP) is 1.80. The van der Waals surface area contributed by atoms with Crippen LogP contribution in [0, 0.1) is 23.1 Å². The van der Waals surface area contributed by atoms with Gasteiger partial charge in [0.05, 0.1) is 29.9 Å². The molecule has 0 spiro atoms. The van der Waals surface area contributed by atoms with E-state index in [4.69, 9.17) is 10.00 Å². The zero-order chi connectivity index (χ0) is 17.7. The van der Waals surface area contributed by atoms with Gasteiger partial charge < -0.3 is 4.74 Å². The molecule has 1 fully saturated rings. The second kappa shape index (κ2) is 7.73. The minimum atomic E-state index is -3.79. The quantitative estimate of drug-likeness (QED) is 0.753. The molecule has 1 aromatic carbocycles. The molecule has 8 heteroatoms. The van der Waals surface area contributed by atoms with Crippen LogP contribution in [0.4, 0.5) is 4.39 Å². The van der Waals surface area contributed by atoms with Crippen LogP contribution in [0.1, 0.15) is 30.9 Å². The number of hydrogen-bond donors (Lipinski definition) is 0. The van der Waals surface area contributed by atoms with E-state index >= 15 is 0 Å². The Bertz CT molecular complexity index is 758. The fourth-order valence-corrected chi connectivity index (χ4v) is 4.30. The molecule has 130 valence electrons. The summed E-state index contributed by atoms with van der Waals surface area (Å²) in [7, 11) is -3.79. The zero-order valence-electron chi connectivity index (χ0n) is 13.4. The molecule has 1 aliphatic rings. The van der Waals surface area contributed by atoms with Gasteiger partial charge in [-0.2, -0.15) is 5.26 Å². The van der Waals surface area contributed by atoms with Gasteiger partial charge in [0, 0.05) is 18.7 Å². The van der Waals surface area contributed by atoms with E-state index < -0.39 is 33.5 Å². The molecule has 0 saturated carbocycles. The van der Waals surface area contributed by atoms with Crippen LogP contribution < -0.4 is 0 Å². The maximum absolute atomic E-state index is 13.8. The molecule has 0 aliphatic carbocycles. The minimum absolute atomic E-state index is 0.0424. The Morgan fingerprint density at radius 2 is 2.25 bits per heavy atom. The molecular formula is C16H19FN2O4S. The van der Waals surface area contributed by atoms with Crippen LogP contribution in [0.2, 0.25) is 0 Å². The van der Waals surface area contributed by atoms with Crippen LogP contribution in [-0.2, 0) is 25.3 Å². The van der Waals surface area contributed by atoms with E-state index in [1.165, 1.54) is 16.4 Å². The molecule has 0 radical (unpaired) electrons. The number of esters is 1. The monoisotopic (exact) mass is 354 g/mol. The molecule has 1 atom stereocenters. The van der Waals surface area contributed by atoms with Gasteiger partial charge in [-0.05, 0) is 38.0 Å². The van der Waals surface area contributed by atoms with Gasteiger partial charge in [0.1, 0.15) is 5.82 Å². The van der Waals surface area contributed by atoms with Crippen molar-refractivity contribution in [3.8, 4) is 6.07 Å². The summed E-state index contributed by atoms with van der Waals surface area (Å²) < 4.78 is 45.1. The van der Waals surface area contributed by atoms with Gasteiger partial charge in [-0.25, -0.2) is 17.1 Å². The maximum Gasteiger partial charge on any atom is 0.310 e. The molecule has 1 aliphatic heterocycles. The molecule has 2 rings (SSSR count). The van der Waals surface area contributed by atoms with Gasteiger partial charge in [0.15, 0.2) is 0 Å². The third kappa shape index (κ3) is 4.30. The fourth-order valence-electron chi connectivity index (χ4n) is 2.69. The molecule has 0 amide bonds. The molecule has 1 unspecified atom stereocenters. The van der Waals surface area contributed by atoms with Crippen LogP contribution in [0.15, 0.2) is 18.2 Å². The smallest absolute Gasteiger partial charge is 0.310 e. The number of halogens is 1. The van der Waals surface area contributed by atoms with E-state index in [-0.39, 0.29) is 30.8 Å². The molecule has 0 aromatic heterocycles. The Morgan fingerprint density at radius 3 is 2.92 bits per heavy atom. The summed E-state index contributed by atoms with van der Waals surface area (Å²) in [5.41, 5.74) is 0.150. The topological polar surface area (TPSA) is 87.5 Å². The van der Waals surface area contributed by atoms with Crippen molar-refractivity contribution in [2.75, 3.05) is 19.7 Å². The second-order valence-electron chi connectivity index (χ2n) is 5.62. The average molecular weight is 354 g/mol. The van der Waals surface area contributed by atoms with Crippen molar-refractivity contribution in [3.05, 3.63) is 35.1 Å². The number of rotatable bonds is 5. The van der Waals surface area contributed by atoms with Gasteiger partial charge in [-0.3, -0.25) is 4.79 Å². The third-order valence-corrected chi connectivity index (χ3v) is 5.70. The van der Waals surface area contributed by atoms with Gasteiger partial charge >= 0.3 is 5.97 Å². The van der Waals surface area contributed by atoms with E-state index in [2.05, 4.69) is 0 Å². The normalized spacial score (nSPS) is 18.8. The lowest BCUT2D eigenvalue weighted by atomic mass is 10.0. The van der Waals surface area contributed by atoms with Gasteiger partial charge in [-0.1, -0.05) is 0 Å². The molecule has 6 nitrogen and oxygen atoms in total. The van der Waals surface area contributed by atoms with E-state index in [1.54, 1.807) is 6.92 Å². The molecule has 24 heavy (non-hydrogen) atoms. The van der Waals surface area contributed by atoms with Crippen molar-refractivity contribution < 1.29 is 22.3 Å². The Balaban J connectivity index is 2.15. The lowest BCUT2D eigenvalue weighted by Gasteiger charge is -2.30. The molecule has 1 heterocycles. The average Bonchev–Trinajstić information content (AvgIpc) is 2.57. The van der Waals surface area contributed by atoms with E-state index in [1.807, 2.05) is 6.07 Å². The van der Waals surface area contributed by atoms with Crippen LogP contribution in [0.5, 0.6) is 0 Å². The van der Waals surface area contributed by atoms with Crippen molar-refractivity contribution in [3.63, 3.8) is 0 Å². The maximum atomic E-state index is 13.8. The Kier molecular flexibility index (Phi) is 5.91. The lowest BCUT2D eigenvalue weighted by molar-refractivity contribution is -0.149. The van der Waals surface area contributed by atoms with Gasteiger partial charge in [0.2, 0.25) is 10.0 Å². The first-order valence-corrected chi connectivity index (χ1v) is 9.31. The first kappa shape index (κ1) is 18.4. The summed E-state index contributed by atoms with van der Waals surface area (Å²) in [6.07, 6.45) is 1.12. The molecule has 1 aromatic rings. The largest absolute Gasteiger partial charge is 0.466 e. The highest BCUT2D eigenvalue weighted by Gasteiger charge is 2.33. The Labute approximate surface area is 140 Å². The number of benzene rings is 1. The predicted molar refractivity (Wildman–Crippen MR) is 84.7 cm³/mol. The Hall–Kier alpha value is -1.98. The highest BCUT2D eigenvalue weighted by Crippen LogP contribution is 2.23. The molecular weight excluding hydrogens is 335 g/mol. The van der Waals surface area contributed by atoms with Crippen molar-refractivity contribution in [1.29, 1.82) is 5.26 Å². The summed E-state index contributed by atoms with van der Waals surface area (Å²) in [5, 5.41) is 8.86. The van der Waals surface area contributed by atoms with Crippen molar-refractivity contribution >= 4 is 16.0 Å². The number of nitriles is 1. The number of nitrogens with zero attached hydrogens (tertiary/aromatic N) is 2. The number of ether oxygens (including phenoxy) is 1. The van der Waals surface area contributed by atoms with Gasteiger partial charge in [0.25, 0.3) is 0 Å². The lowest BCUT2D eigenvalue weighted by Crippen LogP contribution is -2.43. The number of carbonyl (C=O) groups excluding carboxylic acids is 1. The van der Waals surface area contributed by atoms with Crippen LogP contribution in [0.25, 0.3) is 0 Å². The van der Waals surface area contributed by atoms with Gasteiger partial charge in [-0.15, -0.1) is 0 Å². The van der Waals surface area contributed by atoms with E-state index in [0.29, 0.717) is 12.8 Å². The summed E-state index contributed by atoms with van der Waals surface area (Å²) in [6, 6.07) is 5.47. The minimum Gasteiger partial charge on any atom is -0.466 e. The Morgan fingerprint density at radius 1 is 1.50 bits per heavy atom. The number of hydrogen-bond acceptors (Lipinski definition) is 5. The van der Waals surface area contributed by atoms with Crippen LogP contribution in [0.3, 0.4) is 0 Å².